The van der Waals surface area contributed by atoms with Gasteiger partial charge >= 0.3 is 0 Å². The maximum atomic E-state index is 12.7. The Kier molecular flexibility index (Phi) is 4.79. The summed E-state index contributed by atoms with van der Waals surface area (Å²) >= 11 is 0. The van der Waals surface area contributed by atoms with E-state index in [-0.39, 0.29) is 11.8 Å². The second-order valence-electron chi connectivity index (χ2n) is 6.22. The van der Waals surface area contributed by atoms with Gasteiger partial charge in [0.1, 0.15) is 5.69 Å². The molecule has 0 spiro atoms. The van der Waals surface area contributed by atoms with Gasteiger partial charge in [0.15, 0.2) is 5.69 Å². The monoisotopic (exact) mass is 324 g/mol. The van der Waals surface area contributed by atoms with Gasteiger partial charge in [-0.15, -0.1) is 0 Å². The van der Waals surface area contributed by atoms with Crippen LogP contribution in [-0.4, -0.2) is 27.9 Å². The van der Waals surface area contributed by atoms with Crippen molar-refractivity contribution in [2.75, 3.05) is 6.54 Å². The maximum absolute atomic E-state index is 12.7. The normalized spacial score (nSPS) is 15.3. The van der Waals surface area contributed by atoms with E-state index in [2.05, 4.69) is 26.1 Å². The Morgan fingerprint density at radius 2 is 2.00 bits per heavy atom. The fourth-order valence-corrected chi connectivity index (χ4v) is 2.92. The van der Waals surface area contributed by atoms with Crippen LogP contribution in [0.1, 0.15) is 61.3 Å². The summed E-state index contributed by atoms with van der Waals surface area (Å²) in [5.41, 5.74) is 4.17. The van der Waals surface area contributed by atoms with Crippen molar-refractivity contribution in [2.24, 2.45) is 4.99 Å². The highest BCUT2D eigenvalue weighted by molar-refractivity contribution is 6.10. The molecule has 1 aromatic heterocycles. The molecule has 126 valence electrons. The average Bonchev–Trinajstić information content (AvgIpc) is 2.87. The number of nitrogens with zero attached hydrogens (tertiary/aromatic N) is 3. The molecular formula is C19H24N4O. The lowest BCUT2D eigenvalue weighted by Gasteiger charge is -2.08. The van der Waals surface area contributed by atoms with Crippen molar-refractivity contribution < 1.29 is 4.79 Å². The predicted octanol–water partition coefficient (Wildman–Crippen LogP) is 3.67. The van der Waals surface area contributed by atoms with Crippen LogP contribution in [-0.2, 0) is 6.54 Å². The van der Waals surface area contributed by atoms with Crippen LogP contribution in [0, 0.1) is 0 Å². The summed E-state index contributed by atoms with van der Waals surface area (Å²) in [5.74, 6) is 0.179. The minimum Gasteiger partial charge on any atom is -0.345 e. The molecule has 0 fully saturated rings. The summed E-state index contributed by atoms with van der Waals surface area (Å²) in [6.07, 6.45) is 1.89. The van der Waals surface area contributed by atoms with Crippen LogP contribution in [0.15, 0.2) is 35.3 Å². The fraction of sp³-hybridized carbons (Fsp3) is 0.421. The minimum absolute atomic E-state index is 0.0878. The SMILES string of the molecule is CCCn1nc(C(C)CC)c2c1C(=O)NCC(c1ccccc1)=N2. The number of nitrogens with one attached hydrogen (secondary N) is 1. The molecule has 1 amide bonds. The van der Waals surface area contributed by atoms with Gasteiger partial charge in [0.05, 0.1) is 18.0 Å². The first-order chi connectivity index (χ1) is 11.7. The highest BCUT2D eigenvalue weighted by Crippen LogP contribution is 2.33. The molecule has 1 N–H and O–H groups in total. The summed E-state index contributed by atoms with van der Waals surface area (Å²) in [6.45, 7) is 7.52. The van der Waals surface area contributed by atoms with Crippen molar-refractivity contribution in [1.29, 1.82) is 0 Å². The number of carbonyl (C=O) groups excluding carboxylic acids is 1. The summed E-state index contributed by atoms with van der Waals surface area (Å²) in [7, 11) is 0. The number of hydrogen-bond donors (Lipinski definition) is 1. The van der Waals surface area contributed by atoms with Crippen molar-refractivity contribution in [3.05, 3.63) is 47.3 Å². The Balaban J connectivity index is 2.17. The third-order valence-electron chi connectivity index (χ3n) is 4.45. The van der Waals surface area contributed by atoms with Gasteiger partial charge in [-0.05, 0) is 18.4 Å². The molecular weight excluding hydrogens is 300 g/mol. The number of aryl methyl sites for hydroxylation is 1. The van der Waals surface area contributed by atoms with Crippen molar-refractivity contribution in [3.63, 3.8) is 0 Å². The molecule has 0 saturated carbocycles. The molecule has 0 saturated heterocycles. The first-order valence-electron chi connectivity index (χ1n) is 8.67. The van der Waals surface area contributed by atoms with E-state index in [1.54, 1.807) is 0 Å². The quantitative estimate of drug-likeness (QED) is 0.912. The molecule has 5 heteroatoms. The maximum Gasteiger partial charge on any atom is 0.272 e. The van der Waals surface area contributed by atoms with E-state index in [1.165, 1.54) is 0 Å². The van der Waals surface area contributed by atoms with Gasteiger partial charge in [-0.1, -0.05) is 51.1 Å². The smallest absolute Gasteiger partial charge is 0.272 e. The molecule has 5 nitrogen and oxygen atoms in total. The van der Waals surface area contributed by atoms with E-state index in [9.17, 15) is 4.79 Å². The molecule has 2 heterocycles. The number of aromatic nitrogens is 2. The van der Waals surface area contributed by atoms with Gasteiger partial charge in [-0.2, -0.15) is 5.10 Å². The number of hydrogen-bond acceptors (Lipinski definition) is 3. The van der Waals surface area contributed by atoms with Crippen LogP contribution in [0.2, 0.25) is 0 Å². The molecule has 1 aliphatic rings. The van der Waals surface area contributed by atoms with E-state index in [1.807, 2.05) is 35.0 Å². The molecule has 1 unspecified atom stereocenters. The lowest BCUT2D eigenvalue weighted by molar-refractivity contribution is 0.0950. The van der Waals surface area contributed by atoms with Gasteiger partial charge in [-0.3, -0.25) is 9.48 Å². The first kappa shape index (κ1) is 16.4. The molecule has 2 aromatic rings. The van der Waals surface area contributed by atoms with E-state index >= 15 is 0 Å². The van der Waals surface area contributed by atoms with Crippen LogP contribution in [0.5, 0.6) is 0 Å². The molecule has 1 aliphatic heterocycles. The largest absolute Gasteiger partial charge is 0.345 e. The number of amides is 1. The summed E-state index contributed by atoms with van der Waals surface area (Å²) < 4.78 is 1.82. The van der Waals surface area contributed by atoms with Gasteiger partial charge in [0.2, 0.25) is 0 Å². The number of aliphatic imine (C=N–C) groups is 1. The fourth-order valence-electron chi connectivity index (χ4n) is 2.92. The predicted molar refractivity (Wildman–Crippen MR) is 96.2 cm³/mol. The molecule has 0 radical (unpaired) electrons. The second-order valence-corrected chi connectivity index (χ2v) is 6.22. The number of carbonyl (C=O) groups is 1. The Morgan fingerprint density at radius 3 is 2.67 bits per heavy atom. The van der Waals surface area contributed by atoms with Crippen molar-refractivity contribution in [1.82, 2.24) is 15.1 Å². The van der Waals surface area contributed by atoms with Crippen LogP contribution < -0.4 is 5.32 Å². The van der Waals surface area contributed by atoms with E-state index in [4.69, 9.17) is 10.1 Å². The first-order valence-corrected chi connectivity index (χ1v) is 8.67. The minimum atomic E-state index is -0.0878. The molecule has 24 heavy (non-hydrogen) atoms. The van der Waals surface area contributed by atoms with E-state index in [0.29, 0.717) is 12.2 Å². The summed E-state index contributed by atoms with van der Waals surface area (Å²) in [4.78, 5) is 17.5. The van der Waals surface area contributed by atoms with Crippen LogP contribution in [0.3, 0.4) is 0 Å². The van der Waals surface area contributed by atoms with Gasteiger partial charge in [0.25, 0.3) is 5.91 Å². The molecule has 0 aliphatic carbocycles. The van der Waals surface area contributed by atoms with Gasteiger partial charge in [-0.25, -0.2) is 4.99 Å². The number of rotatable bonds is 5. The lowest BCUT2D eigenvalue weighted by Crippen LogP contribution is -2.30. The standard InChI is InChI=1S/C19H24N4O/c1-4-11-23-18-17(16(22-23)13(3)5-2)21-15(12-20-19(18)24)14-9-7-6-8-10-14/h6-10,13H,4-5,11-12H2,1-3H3,(H,20,24). The molecule has 3 rings (SSSR count). The van der Waals surface area contributed by atoms with E-state index < -0.39 is 0 Å². The average molecular weight is 324 g/mol. The van der Waals surface area contributed by atoms with Crippen molar-refractivity contribution >= 4 is 17.3 Å². The van der Waals surface area contributed by atoms with Crippen LogP contribution in [0.25, 0.3) is 0 Å². The highest BCUT2D eigenvalue weighted by atomic mass is 16.2. The number of benzene rings is 1. The summed E-state index contributed by atoms with van der Waals surface area (Å²) in [6, 6.07) is 10.0. The summed E-state index contributed by atoms with van der Waals surface area (Å²) in [5, 5.41) is 7.71. The third-order valence-corrected chi connectivity index (χ3v) is 4.45. The van der Waals surface area contributed by atoms with Gasteiger partial charge in [0, 0.05) is 12.5 Å². The van der Waals surface area contributed by atoms with Gasteiger partial charge < -0.3 is 5.32 Å². The van der Waals surface area contributed by atoms with Crippen molar-refractivity contribution in [3.8, 4) is 0 Å². The zero-order chi connectivity index (χ0) is 17.1. The zero-order valence-electron chi connectivity index (χ0n) is 14.5. The van der Waals surface area contributed by atoms with Crippen LogP contribution in [0.4, 0.5) is 5.69 Å². The molecule has 0 bridgehead atoms. The second kappa shape index (κ2) is 6.99. The lowest BCUT2D eigenvalue weighted by atomic mass is 10.0. The van der Waals surface area contributed by atoms with E-state index in [0.717, 1.165) is 42.0 Å². The Bertz CT molecular complexity index is 761. The Morgan fingerprint density at radius 1 is 1.25 bits per heavy atom. The molecule has 1 atom stereocenters. The highest BCUT2D eigenvalue weighted by Gasteiger charge is 2.28. The van der Waals surface area contributed by atoms with Crippen molar-refractivity contribution in [2.45, 2.75) is 46.1 Å². The topological polar surface area (TPSA) is 59.3 Å². The Labute approximate surface area is 142 Å². The zero-order valence-corrected chi connectivity index (χ0v) is 14.5. The number of fused-ring (bicyclic) bond motifs is 1. The van der Waals surface area contributed by atoms with Crippen LogP contribution >= 0.6 is 0 Å². The Hall–Kier alpha value is -2.43. The third kappa shape index (κ3) is 2.98. The molecule has 1 aromatic carbocycles.